The molecule has 0 saturated carbocycles. The molecular weight excluding hydrogens is 317 g/mol. The summed E-state index contributed by atoms with van der Waals surface area (Å²) >= 11 is 0. The maximum Gasteiger partial charge on any atom is 0.252 e. The highest BCUT2D eigenvalue weighted by molar-refractivity contribution is 6.06. The van der Waals surface area contributed by atoms with Crippen LogP contribution in [0.4, 0.5) is 10.1 Å². The Morgan fingerprint density at radius 2 is 1.88 bits per heavy atom. The number of benzene rings is 2. The standard InChI is InChI=1S/C20H20FN3O/c1-14-12-18(17-9-8-15(21)13-19(17)24-14)20(25)23-11-5-10-22-16-6-3-2-4-7-16/h2-4,6-9,12-13,22H,5,10-11H2,1H3,(H,23,25). The molecule has 0 aliphatic rings. The van der Waals surface area contributed by atoms with Gasteiger partial charge in [-0.2, -0.15) is 0 Å². The third-order valence-electron chi connectivity index (χ3n) is 3.89. The van der Waals surface area contributed by atoms with E-state index >= 15 is 0 Å². The fourth-order valence-electron chi connectivity index (χ4n) is 2.70. The summed E-state index contributed by atoms with van der Waals surface area (Å²) in [5.41, 5.74) is 2.77. The van der Waals surface area contributed by atoms with Crippen LogP contribution < -0.4 is 10.6 Å². The number of aryl methyl sites for hydroxylation is 1. The van der Waals surface area contributed by atoms with Gasteiger partial charge in [0.15, 0.2) is 0 Å². The van der Waals surface area contributed by atoms with Gasteiger partial charge < -0.3 is 10.6 Å². The summed E-state index contributed by atoms with van der Waals surface area (Å²) < 4.78 is 13.4. The number of aromatic nitrogens is 1. The molecule has 1 heterocycles. The summed E-state index contributed by atoms with van der Waals surface area (Å²) in [5, 5.41) is 6.88. The van der Waals surface area contributed by atoms with E-state index in [0.29, 0.717) is 28.7 Å². The number of carbonyl (C=O) groups is 1. The second-order valence-corrected chi connectivity index (χ2v) is 5.87. The van der Waals surface area contributed by atoms with Gasteiger partial charge in [0.25, 0.3) is 5.91 Å². The highest BCUT2D eigenvalue weighted by Gasteiger charge is 2.12. The van der Waals surface area contributed by atoms with Gasteiger partial charge in [-0.1, -0.05) is 18.2 Å². The zero-order valence-electron chi connectivity index (χ0n) is 14.1. The van der Waals surface area contributed by atoms with Gasteiger partial charge >= 0.3 is 0 Å². The second kappa shape index (κ2) is 7.75. The van der Waals surface area contributed by atoms with Gasteiger partial charge in [0.1, 0.15) is 5.82 Å². The Balaban J connectivity index is 1.59. The van der Waals surface area contributed by atoms with Crippen molar-refractivity contribution in [2.24, 2.45) is 0 Å². The van der Waals surface area contributed by atoms with Crippen LogP contribution in [0.3, 0.4) is 0 Å². The quantitative estimate of drug-likeness (QED) is 0.671. The highest BCUT2D eigenvalue weighted by atomic mass is 19.1. The van der Waals surface area contributed by atoms with E-state index < -0.39 is 0 Å². The predicted octanol–water partition coefficient (Wildman–Crippen LogP) is 3.91. The number of hydrogen-bond donors (Lipinski definition) is 2. The molecule has 4 nitrogen and oxygen atoms in total. The molecule has 3 rings (SSSR count). The van der Waals surface area contributed by atoms with Crippen LogP contribution in [0.15, 0.2) is 54.6 Å². The monoisotopic (exact) mass is 337 g/mol. The van der Waals surface area contributed by atoms with E-state index in [4.69, 9.17) is 0 Å². The van der Waals surface area contributed by atoms with Crippen molar-refractivity contribution in [2.75, 3.05) is 18.4 Å². The summed E-state index contributed by atoms with van der Waals surface area (Å²) in [6.07, 6.45) is 0.803. The van der Waals surface area contributed by atoms with E-state index in [2.05, 4.69) is 15.6 Å². The largest absolute Gasteiger partial charge is 0.385 e. The van der Waals surface area contributed by atoms with Gasteiger partial charge in [-0.05, 0) is 43.7 Å². The third kappa shape index (κ3) is 4.32. The molecule has 2 N–H and O–H groups in total. The molecule has 128 valence electrons. The Hall–Kier alpha value is -2.95. The number of anilines is 1. The second-order valence-electron chi connectivity index (χ2n) is 5.87. The van der Waals surface area contributed by atoms with Crippen LogP contribution in [0.5, 0.6) is 0 Å². The minimum absolute atomic E-state index is 0.165. The van der Waals surface area contributed by atoms with Crippen molar-refractivity contribution < 1.29 is 9.18 Å². The summed E-state index contributed by atoms with van der Waals surface area (Å²) in [6, 6.07) is 16.0. The Morgan fingerprint density at radius 1 is 1.08 bits per heavy atom. The SMILES string of the molecule is Cc1cc(C(=O)NCCCNc2ccccc2)c2ccc(F)cc2n1. The number of carbonyl (C=O) groups excluding carboxylic acids is 1. The van der Waals surface area contributed by atoms with Gasteiger partial charge in [-0.3, -0.25) is 9.78 Å². The van der Waals surface area contributed by atoms with Gasteiger partial charge in [-0.15, -0.1) is 0 Å². The Labute approximate surface area is 146 Å². The van der Waals surface area contributed by atoms with Crippen molar-refractivity contribution in [2.45, 2.75) is 13.3 Å². The molecule has 0 saturated heterocycles. The van der Waals surface area contributed by atoms with Crippen LogP contribution in [0.25, 0.3) is 10.9 Å². The summed E-state index contributed by atoms with van der Waals surface area (Å²) in [5.74, 6) is -0.522. The van der Waals surface area contributed by atoms with Crippen molar-refractivity contribution in [3.63, 3.8) is 0 Å². The lowest BCUT2D eigenvalue weighted by Gasteiger charge is -2.10. The van der Waals surface area contributed by atoms with E-state index in [-0.39, 0.29) is 11.7 Å². The van der Waals surface area contributed by atoms with Gasteiger partial charge in [0.05, 0.1) is 11.1 Å². The normalized spacial score (nSPS) is 10.6. The van der Waals surface area contributed by atoms with E-state index in [0.717, 1.165) is 18.7 Å². The van der Waals surface area contributed by atoms with Crippen molar-refractivity contribution >= 4 is 22.5 Å². The number of pyridine rings is 1. The van der Waals surface area contributed by atoms with Gasteiger partial charge in [0, 0.05) is 35.9 Å². The van der Waals surface area contributed by atoms with Crippen molar-refractivity contribution in [1.29, 1.82) is 0 Å². The van der Waals surface area contributed by atoms with Crippen LogP contribution in [0.1, 0.15) is 22.5 Å². The molecule has 5 heteroatoms. The summed E-state index contributed by atoms with van der Waals surface area (Å²) in [7, 11) is 0. The Bertz CT molecular complexity index is 875. The molecule has 25 heavy (non-hydrogen) atoms. The smallest absolute Gasteiger partial charge is 0.252 e. The Morgan fingerprint density at radius 3 is 2.68 bits per heavy atom. The molecule has 1 amide bonds. The first-order valence-corrected chi connectivity index (χ1v) is 8.27. The molecule has 0 bridgehead atoms. The van der Waals surface area contributed by atoms with Crippen LogP contribution >= 0.6 is 0 Å². The molecule has 0 fully saturated rings. The number of nitrogens with zero attached hydrogens (tertiary/aromatic N) is 1. The average Bonchev–Trinajstić information content (AvgIpc) is 2.61. The molecule has 3 aromatic rings. The zero-order valence-corrected chi connectivity index (χ0v) is 14.1. The number of para-hydroxylation sites is 1. The zero-order chi connectivity index (χ0) is 17.6. The molecule has 0 unspecified atom stereocenters. The topological polar surface area (TPSA) is 54.0 Å². The van der Waals surface area contributed by atoms with Crippen LogP contribution in [-0.4, -0.2) is 24.0 Å². The fourth-order valence-corrected chi connectivity index (χ4v) is 2.70. The van der Waals surface area contributed by atoms with E-state index in [1.165, 1.54) is 12.1 Å². The van der Waals surface area contributed by atoms with Crippen LogP contribution in [-0.2, 0) is 0 Å². The molecule has 0 spiro atoms. The third-order valence-corrected chi connectivity index (χ3v) is 3.89. The van der Waals surface area contributed by atoms with Crippen molar-refractivity contribution in [1.82, 2.24) is 10.3 Å². The van der Waals surface area contributed by atoms with Crippen LogP contribution in [0.2, 0.25) is 0 Å². The molecule has 0 atom stereocenters. The lowest BCUT2D eigenvalue weighted by Crippen LogP contribution is -2.26. The maximum absolute atomic E-state index is 13.4. The molecule has 0 aliphatic carbocycles. The average molecular weight is 337 g/mol. The number of fused-ring (bicyclic) bond motifs is 1. The first-order valence-electron chi connectivity index (χ1n) is 8.27. The molecule has 0 aliphatic heterocycles. The summed E-state index contributed by atoms with van der Waals surface area (Å²) in [4.78, 5) is 16.8. The highest BCUT2D eigenvalue weighted by Crippen LogP contribution is 2.19. The first kappa shape index (κ1) is 16.9. The first-order chi connectivity index (χ1) is 12.1. The fraction of sp³-hybridized carbons (Fsp3) is 0.200. The maximum atomic E-state index is 13.4. The number of nitrogens with one attached hydrogen (secondary N) is 2. The Kier molecular flexibility index (Phi) is 5.23. The van der Waals surface area contributed by atoms with E-state index in [1.807, 2.05) is 30.3 Å². The van der Waals surface area contributed by atoms with Crippen LogP contribution in [0, 0.1) is 12.7 Å². The predicted molar refractivity (Wildman–Crippen MR) is 98.3 cm³/mol. The van der Waals surface area contributed by atoms with E-state index in [1.54, 1.807) is 19.1 Å². The van der Waals surface area contributed by atoms with Crippen molar-refractivity contribution in [3.8, 4) is 0 Å². The molecule has 1 aromatic heterocycles. The van der Waals surface area contributed by atoms with Gasteiger partial charge in [-0.25, -0.2) is 4.39 Å². The molecule has 0 radical (unpaired) electrons. The van der Waals surface area contributed by atoms with Gasteiger partial charge in [0.2, 0.25) is 0 Å². The summed E-state index contributed by atoms with van der Waals surface area (Å²) in [6.45, 7) is 3.12. The lowest BCUT2D eigenvalue weighted by atomic mass is 10.1. The number of rotatable bonds is 6. The minimum atomic E-state index is -0.357. The minimum Gasteiger partial charge on any atom is -0.385 e. The number of halogens is 1. The number of amides is 1. The van der Waals surface area contributed by atoms with Crippen molar-refractivity contribution in [3.05, 3.63) is 71.7 Å². The molecule has 2 aromatic carbocycles. The molecular formula is C20H20FN3O. The lowest BCUT2D eigenvalue weighted by molar-refractivity contribution is 0.0955. The number of hydrogen-bond acceptors (Lipinski definition) is 3. The van der Waals surface area contributed by atoms with E-state index in [9.17, 15) is 9.18 Å².